The van der Waals surface area contributed by atoms with E-state index in [0.717, 1.165) is 65.2 Å². The molecule has 162 valence electrons. The van der Waals surface area contributed by atoms with Crippen molar-refractivity contribution in [3.05, 3.63) is 39.5 Å². The zero-order valence-corrected chi connectivity index (χ0v) is 19.3. The number of thiophene rings is 1. The summed E-state index contributed by atoms with van der Waals surface area (Å²) in [6.45, 7) is 7.40. The summed E-state index contributed by atoms with van der Waals surface area (Å²) in [6.07, 6.45) is 4.09. The van der Waals surface area contributed by atoms with E-state index in [1.807, 2.05) is 6.92 Å². The van der Waals surface area contributed by atoms with Crippen molar-refractivity contribution < 1.29 is 14.1 Å². The highest BCUT2D eigenvalue weighted by molar-refractivity contribution is 7.93. The van der Waals surface area contributed by atoms with Crippen molar-refractivity contribution in [2.24, 2.45) is 9.50 Å². The quantitative estimate of drug-likeness (QED) is 0.636. The number of aliphatic hydroxyl groups is 1. The van der Waals surface area contributed by atoms with Gasteiger partial charge in [0, 0.05) is 17.3 Å². The first kappa shape index (κ1) is 21.4. The average Bonchev–Trinajstić information content (AvgIpc) is 3.20. The zero-order chi connectivity index (χ0) is 21.8. The molecule has 0 bridgehead atoms. The SMILES string of the molecule is Cc1c(C2CC2)nc2c(c1NC(=O)N=[S@@](N)(=O)c1cc(C(C)(C)O)cs1)CCC2C. The summed E-state index contributed by atoms with van der Waals surface area (Å²) >= 11 is 1.13. The Morgan fingerprint density at radius 1 is 1.37 bits per heavy atom. The molecule has 1 saturated carbocycles. The van der Waals surface area contributed by atoms with Gasteiger partial charge in [0.2, 0.25) is 0 Å². The van der Waals surface area contributed by atoms with Gasteiger partial charge in [-0.1, -0.05) is 6.92 Å². The van der Waals surface area contributed by atoms with E-state index >= 15 is 0 Å². The molecule has 1 fully saturated rings. The van der Waals surface area contributed by atoms with Crippen LogP contribution in [0.15, 0.2) is 20.0 Å². The molecule has 2 atom stereocenters. The number of rotatable bonds is 4. The van der Waals surface area contributed by atoms with Crippen molar-refractivity contribution in [3.63, 3.8) is 0 Å². The first-order chi connectivity index (χ1) is 14.0. The maximum atomic E-state index is 13.0. The predicted octanol–water partition coefficient (Wildman–Crippen LogP) is 4.54. The standard InChI is InChI=1S/C21H28N4O3S2/c1-11-5-8-15-17(11)23-18(13-6-7-13)12(2)19(15)24-20(26)25-30(22,28)16-9-14(10-29-16)21(3,4)27/h9-11,13,27H,5-8H2,1-4H3,(H3,22,23,24,25,26,28)/t11?,30-/m1/s1. The number of nitrogens with two attached hydrogens (primary N) is 1. The summed E-state index contributed by atoms with van der Waals surface area (Å²) in [4.78, 5) is 17.7. The fraction of sp³-hybridized carbons (Fsp3) is 0.524. The fourth-order valence-corrected chi connectivity index (χ4v) is 6.21. The Kier molecular flexibility index (Phi) is 5.29. The second kappa shape index (κ2) is 7.40. The van der Waals surface area contributed by atoms with Crippen molar-refractivity contribution in [1.82, 2.24) is 4.98 Å². The highest BCUT2D eigenvalue weighted by Crippen LogP contribution is 2.46. The van der Waals surface area contributed by atoms with Crippen LogP contribution in [0, 0.1) is 6.92 Å². The highest BCUT2D eigenvalue weighted by Gasteiger charge is 2.33. The van der Waals surface area contributed by atoms with Gasteiger partial charge in [0.15, 0.2) is 9.92 Å². The molecule has 0 radical (unpaired) electrons. The Morgan fingerprint density at radius 3 is 2.67 bits per heavy atom. The third-order valence-corrected chi connectivity index (χ3v) is 8.75. The number of hydrogen-bond acceptors (Lipinski definition) is 5. The van der Waals surface area contributed by atoms with Crippen molar-refractivity contribution in [3.8, 4) is 0 Å². The molecule has 4 rings (SSSR count). The minimum absolute atomic E-state index is 0.263. The third kappa shape index (κ3) is 4.03. The Morgan fingerprint density at radius 2 is 2.07 bits per heavy atom. The van der Waals surface area contributed by atoms with Crippen molar-refractivity contribution in [2.45, 2.75) is 75.0 Å². The fourth-order valence-electron chi connectivity index (χ4n) is 3.93. The Bertz CT molecular complexity index is 1140. The molecule has 0 aliphatic heterocycles. The largest absolute Gasteiger partial charge is 0.386 e. The number of fused-ring (bicyclic) bond motifs is 1. The molecule has 1 unspecified atom stereocenters. The summed E-state index contributed by atoms with van der Waals surface area (Å²) in [5.41, 5.74) is 4.38. The number of hydrogen-bond donors (Lipinski definition) is 3. The van der Waals surface area contributed by atoms with Gasteiger partial charge in [-0.25, -0.2) is 14.1 Å². The lowest BCUT2D eigenvalue weighted by molar-refractivity contribution is 0.0789. The predicted molar refractivity (Wildman–Crippen MR) is 119 cm³/mol. The van der Waals surface area contributed by atoms with Gasteiger partial charge in [-0.05, 0) is 80.5 Å². The zero-order valence-electron chi connectivity index (χ0n) is 17.7. The first-order valence-electron chi connectivity index (χ1n) is 10.2. The first-order valence-corrected chi connectivity index (χ1v) is 12.6. The molecule has 0 saturated heterocycles. The molecule has 2 aliphatic carbocycles. The molecule has 30 heavy (non-hydrogen) atoms. The minimum atomic E-state index is -3.42. The lowest BCUT2D eigenvalue weighted by atomic mass is 10.0. The van der Waals surface area contributed by atoms with Gasteiger partial charge in [-0.3, -0.25) is 4.98 Å². The number of aromatic nitrogens is 1. The topological polar surface area (TPSA) is 118 Å². The maximum Gasteiger partial charge on any atom is 0.354 e. The van der Waals surface area contributed by atoms with Gasteiger partial charge in [0.25, 0.3) is 0 Å². The van der Waals surface area contributed by atoms with Gasteiger partial charge in [-0.15, -0.1) is 15.7 Å². The number of nitrogens with one attached hydrogen (secondary N) is 1. The van der Waals surface area contributed by atoms with E-state index in [4.69, 9.17) is 10.1 Å². The number of carbonyl (C=O) groups excluding carboxylic acids is 1. The van der Waals surface area contributed by atoms with E-state index < -0.39 is 21.5 Å². The van der Waals surface area contributed by atoms with Crippen LogP contribution in [0.2, 0.25) is 0 Å². The molecular formula is C21H28N4O3S2. The summed E-state index contributed by atoms with van der Waals surface area (Å²) < 4.78 is 17.0. The maximum absolute atomic E-state index is 13.0. The monoisotopic (exact) mass is 448 g/mol. The molecule has 2 aromatic rings. The van der Waals surface area contributed by atoms with E-state index in [9.17, 15) is 14.1 Å². The molecule has 2 amide bonds. The van der Waals surface area contributed by atoms with Crippen LogP contribution in [0.5, 0.6) is 0 Å². The van der Waals surface area contributed by atoms with Crippen LogP contribution >= 0.6 is 11.3 Å². The third-order valence-electron chi connectivity index (χ3n) is 5.89. The smallest absolute Gasteiger partial charge is 0.354 e. The number of nitrogens with zero attached hydrogens (tertiary/aromatic N) is 2. The minimum Gasteiger partial charge on any atom is -0.386 e. The molecule has 2 heterocycles. The lowest BCUT2D eigenvalue weighted by Crippen LogP contribution is -2.19. The number of anilines is 1. The van der Waals surface area contributed by atoms with E-state index in [2.05, 4.69) is 16.6 Å². The number of amides is 2. The van der Waals surface area contributed by atoms with Crippen molar-refractivity contribution in [2.75, 3.05) is 5.32 Å². The Labute approximate surface area is 181 Å². The summed E-state index contributed by atoms with van der Waals surface area (Å²) in [5, 5.41) is 20.6. The molecule has 2 aromatic heterocycles. The summed E-state index contributed by atoms with van der Waals surface area (Å²) in [5.74, 6) is 0.816. The Hall–Kier alpha value is -1.81. The number of pyridine rings is 1. The summed E-state index contributed by atoms with van der Waals surface area (Å²) in [7, 11) is -3.42. The van der Waals surface area contributed by atoms with E-state index in [-0.39, 0.29) is 4.21 Å². The lowest BCUT2D eigenvalue weighted by Gasteiger charge is -2.17. The molecule has 9 heteroatoms. The van der Waals surface area contributed by atoms with Gasteiger partial charge < -0.3 is 10.4 Å². The average molecular weight is 449 g/mol. The van der Waals surface area contributed by atoms with Crippen molar-refractivity contribution in [1.29, 1.82) is 0 Å². The van der Waals surface area contributed by atoms with Gasteiger partial charge in [0.05, 0.1) is 11.3 Å². The molecular weight excluding hydrogens is 420 g/mol. The molecule has 0 spiro atoms. The summed E-state index contributed by atoms with van der Waals surface area (Å²) in [6, 6.07) is 0.824. The van der Waals surface area contributed by atoms with E-state index in [1.54, 1.807) is 25.3 Å². The highest BCUT2D eigenvalue weighted by atomic mass is 32.2. The van der Waals surface area contributed by atoms with Gasteiger partial charge in [0.1, 0.15) is 4.21 Å². The number of carbonyl (C=O) groups is 1. The van der Waals surface area contributed by atoms with E-state index in [1.165, 1.54) is 0 Å². The molecule has 4 N–H and O–H groups in total. The molecule has 0 aromatic carbocycles. The van der Waals surface area contributed by atoms with Crippen LogP contribution in [-0.2, 0) is 21.9 Å². The molecule has 2 aliphatic rings. The number of urea groups is 1. The van der Waals surface area contributed by atoms with Gasteiger partial charge in [-0.2, -0.15) is 0 Å². The molecule has 7 nitrogen and oxygen atoms in total. The second-order valence-corrected chi connectivity index (χ2v) is 11.8. The van der Waals surface area contributed by atoms with Crippen LogP contribution in [-0.4, -0.2) is 20.3 Å². The van der Waals surface area contributed by atoms with Crippen LogP contribution < -0.4 is 10.5 Å². The Balaban J connectivity index is 1.67. The van der Waals surface area contributed by atoms with E-state index in [0.29, 0.717) is 17.4 Å². The normalized spacial score (nSPS) is 20.5. The van der Waals surface area contributed by atoms with Crippen LogP contribution in [0.1, 0.15) is 79.9 Å². The van der Waals surface area contributed by atoms with Gasteiger partial charge >= 0.3 is 6.03 Å². The van der Waals surface area contributed by atoms with Crippen LogP contribution in [0.25, 0.3) is 0 Å². The second-order valence-electron chi connectivity index (χ2n) is 8.88. The van der Waals surface area contributed by atoms with Crippen LogP contribution in [0.4, 0.5) is 10.5 Å². The van der Waals surface area contributed by atoms with Crippen molar-refractivity contribution >= 4 is 33.0 Å². The van der Waals surface area contributed by atoms with Crippen LogP contribution in [0.3, 0.4) is 0 Å².